The predicted octanol–water partition coefficient (Wildman–Crippen LogP) is 3.91. The Bertz CT molecular complexity index is 757. The first-order valence-corrected chi connectivity index (χ1v) is 10.1. The number of esters is 1. The molecule has 5 nitrogen and oxygen atoms in total. The van der Waals surface area contributed by atoms with Crippen molar-refractivity contribution in [2.24, 2.45) is 0 Å². The first-order chi connectivity index (χ1) is 13.4. The van der Waals surface area contributed by atoms with Gasteiger partial charge in [-0.05, 0) is 50.3 Å². The molecule has 0 heterocycles. The minimum Gasteiger partial charge on any atom is -0.452 e. The van der Waals surface area contributed by atoms with E-state index in [4.69, 9.17) is 4.74 Å². The van der Waals surface area contributed by atoms with Gasteiger partial charge in [-0.3, -0.25) is 9.59 Å². The van der Waals surface area contributed by atoms with E-state index in [-0.39, 0.29) is 5.82 Å². The number of hydrogen-bond acceptors (Lipinski definition) is 4. The third-order valence-corrected chi connectivity index (χ3v) is 6.18. The van der Waals surface area contributed by atoms with E-state index >= 15 is 0 Å². The molecule has 2 fully saturated rings. The van der Waals surface area contributed by atoms with Crippen molar-refractivity contribution in [2.75, 3.05) is 0 Å². The van der Waals surface area contributed by atoms with Gasteiger partial charge in [0.1, 0.15) is 11.4 Å². The van der Waals surface area contributed by atoms with E-state index in [2.05, 4.69) is 11.4 Å². The quantitative estimate of drug-likeness (QED) is 0.778. The van der Waals surface area contributed by atoms with Crippen molar-refractivity contribution in [1.29, 1.82) is 5.26 Å². The van der Waals surface area contributed by atoms with E-state index in [1.54, 1.807) is 12.1 Å². The molecule has 1 aromatic rings. The van der Waals surface area contributed by atoms with Gasteiger partial charge in [0, 0.05) is 0 Å². The van der Waals surface area contributed by atoms with Gasteiger partial charge in [0.2, 0.25) is 0 Å². The SMILES string of the molecule is C[C@@H](OC(=O)C1(c2ccc(F)cc2)CCCC1)C(=O)NC1(C#N)CCCCC1. The number of nitriles is 1. The van der Waals surface area contributed by atoms with E-state index in [0.717, 1.165) is 37.7 Å². The van der Waals surface area contributed by atoms with Crippen molar-refractivity contribution in [3.8, 4) is 6.07 Å². The van der Waals surface area contributed by atoms with Crippen LogP contribution < -0.4 is 5.32 Å². The van der Waals surface area contributed by atoms with Gasteiger partial charge in [-0.25, -0.2) is 4.39 Å². The van der Waals surface area contributed by atoms with Crippen LogP contribution in [0, 0.1) is 17.1 Å². The first kappa shape index (κ1) is 20.3. The molecular formula is C22H27FN2O3. The highest BCUT2D eigenvalue weighted by Crippen LogP contribution is 2.42. The second-order valence-corrected chi connectivity index (χ2v) is 8.09. The minimum atomic E-state index is -0.988. The van der Waals surface area contributed by atoms with Crippen molar-refractivity contribution in [3.63, 3.8) is 0 Å². The van der Waals surface area contributed by atoms with Crippen LogP contribution in [0.4, 0.5) is 4.39 Å². The number of carbonyl (C=O) groups excluding carboxylic acids is 2. The maximum Gasteiger partial charge on any atom is 0.317 e. The molecule has 2 aliphatic rings. The number of carbonyl (C=O) groups is 2. The van der Waals surface area contributed by atoms with Crippen molar-refractivity contribution < 1.29 is 18.7 Å². The fraction of sp³-hybridized carbons (Fsp3) is 0.591. The van der Waals surface area contributed by atoms with Gasteiger partial charge >= 0.3 is 5.97 Å². The van der Waals surface area contributed by atoms with Crippen LogP contribution in [0.25, 0.3) is 0 Å². The number of nitrogens with one attached hydrogen (secondary N) is 1. The summed E-state index contributed by atoms with van der Waals surface area (Å²) in [5.74, 6) is -1.25. The zero-order chi connectivity index (χ0) is 20.2. The van der Waals surface area contributed by atoms with Gasteiger partial charge in [-0.1, -0.05) is 44.2 Å². The molecule has 0 saturated heterocycles. The predicted molar refractivity (Wildman–Crippen MR) is 102 cm³/mol. The number of nitrogens with zero attached hydrogens (tertiary/aromatic N) is 1. The lowest BCUT2D eigenvalue weighted by Gasteiger charge is -2.33. The maximum absolute atomic E-state index is 13.3. The number of rotatable bonds is 5. The summed E-state index contributed by atoms with van der Waals surface area (Å²) in [7, 11) is 0. The second-order valence-electron chi connectivity index (χ2n) is 8.09. The number of ether oxygens (including phenoxy) is 1. The molecular weight excluding hydrogens is 359 g/mol. The zero-order valence-electron chi connectivity index (χ0n) is 16.3. The van der Waals surface area contributed by atoms with Crippen LogP contribution in [0.3, 0.4) is 0 Å². The van der Waals surface area contributed by atoms with Gasteiger partial charge in [0.25, 0.3) is 5.91 Å². The highest BCUT2D eigenvalue weighted by molar-refractivity contribution is 5.88. The molecule has 0 bridgehead atoms. The van der Waals surface area contributed by atoms with Crippen LogP contribution >= 0.6 is 0 Å². The Morgan fingerprint density at radius 2 is 1.64 bits per heavy atom. The lowest BCUT2D eigenvalue weighted by Crippen LogP contribution is -2.52. The molecule has 1 N–H and O–H groups in total. The molecule has 2 aliphatic carbocycles. The molecule has 6 heteroatoms. The summed E-state index contributed by atoms with van der Waals surface area (Å²) in [6, 6.07) is 8.18. The molecule has 1 atom stereocenters. The Hall–Kier alpha value is -2.42. The maximum atomic E-state index is 13.3. The number of halogens is 1. The summed E-state index contributed by atoms with van der Waals surface area (Å²) in [6.07, 6.45) is 6.11. The topological polar surface area (TPSA) is 79.2 Å². The molecule has 0 aromatic heterocycles. The molecule has 0 unspecified atom stereocenters. The molecule has 2 saturated carbocycles. The van der Waals surface area contributed by atoms with Crippen LogP contribution in [0.2, 0.25) is 0 Å². The summed E-state index contributed by atoms with van der Waals surface area (Å²) in [5.41, 5.74) is -0.970. The van der Waals surface area contributed by atoms with Gasteiger partial charge in [-0.2, -0.15) is 5.26 Å². The molecule has 3 rings (SSSR count). The van der Waals surface area contributed by atoms with E-state index in [1.165, 1.54) is 19.1 Å². The van der Waals surface area contributed by atoms with Gasteiger partial charge < -0.3 is 10.1 Å². The summed E-state index contributed by atoms with van der Waals surface area (Å²) >= 11 is 0. The van der Waals surface area contributed by atoms with Crippen molar-refractivity contribution in [1.82, 2.24) is 5.32 Å². The Morgan fingerprint density at radius 1 is 1.07 bits per heavy atom. The van der Waals surface area contributed by atoms with Crippen LogP contribution in [0.15, 0.2) is 24.3 Å². The molecule has 0 aliphatic heterocycles. The highest BCUT2D eigenvalue weighted by Gasteiger charge is 2.45. The average Bonchev–Trinajstić information content (AvgIpc) is 3.20. The first-order valence-electron chi connectivity index (χ1n) is 10.1. The van der Waals surface area contributed by atoms with Crippen LogP contribution in [-0.2, 0) is 19.7 Å². The summed E-state index contributed by atoms with van der Waals surface area (Å²) in [4.78, 5) is 25.7. The largest absolute Gasteiger partial charge is 0.452 e. The third-order valence-electron chi connectivity index (χ3n) is 6.18. The summed E-state index contributed by atoms with van der Waals surface area (Å²) < 4.78 is 18.9. The Kier molecular flexibility index (Phi) is 6.02. The molecule has 0 spiro atoms. The molecule has 28 heavy (non-hydrogen) atoms. The Labute approximate surface area is 165 Å². The van der Waals surface area contributed by atoms with Crippen LogP contribution in [-0.4, -0.2) is 23.5 Å². The molecule has 1 amide bonds. The Morgan fingerprint density at radius 3 is 2.21 bits per heavy atom. The highest BCUT2D eigenvalue weighted by atomic mass is 19.1. The van der Waals surface area contributed by atoms with Gasteiger partial charge in [-0.15, -0.1) is 0 Å². The van der Waals surface area contributed by atoms with E-state index in [0.29, 0.717) is 25.7 Å². The van der Waals surface area contributed by atoms with Gasteiger partial charge in [0.15, 0.2) is 6.10 Å². The third kappa shape index (κ3) is 4.04. The minimum absolute atomic E-state index is 0.354. The van der Waals surface area contributed by atoms with Crippen LogP contribution in [0.5, 0.6) is 0 Å². The number of benzene rings is 1. The number of hydrogen-bond donors (Lipinski definition) is 1. The van der Waals surface area contributed by atoms with Gasteiger partial charge in [0.05, 0.1) is 11.5 Å². The summed E-state index contributed by atoms with van der Waals surface area (Å²) in [6.45, 7) is 1.54. The van der Waals surface area contributed by atoms with E-state index in [9.17, 15) is 19.2 Å². The fourth-order valence-corrected chi connectivity index (χ4v) is 4.44. The van der Waals surface area contributed by atoms with Crippen molar-refractivity contribution >= 4 is 11.9 Å². The number of amides is 1. The normalized spacial score (nSPS) is 21.3. The van der Waals surface area contributed by atoms with E-state index < -0.39 is 28.9 Å². The zero-order valence-corrected chi connectivity index (χ0v) is 16.3. The average molecular weight is 386 g/mol. The smallest absolute Gasteiger partial charge is 0.317 e. The lowest BCUT2D eigenvalue weighted by molar-refractivity contribution is -0.161. The summed E-state index contributed by atoms with van der Waals surface area (Å²) in [5, 5.41) is 12.3. The second kappa shape index (κ2) is 8.30. The Balaban J connectivity index is 1.70. The van der Waals surface area contributed by atoms with Crippen molar-refractivity contribution in [2.45, 2.75) is 81.8 Å². The standard InChI is InChI=1S/C22H27FN2O3/c1-16(19(26)25-21(15-24)11-3-2-4-12-21)28-20(27)22(13-5-6-14-22)17-7-9-18(23)10-8-17/h7-10,16H,2-6,11-14H2,1H3,(H,25,26)/t16-/m1/s1. The van der Waals surface area contributed by atoms with Crippen molar-refractivity contribution in [3.05, 3.63) is 35.6 Å². The van der Waals surface area contributed by atoms with E-state index in [1.807, 2.05) is 0 Å². The lowest BCUT2D eigenvalue weighted by atomic mass is 9.79. The fourth-order valence-electron chi connectivity index (χ4n) is 4.44. The van der Waals surface area contributed by atoms with Crippen LogP contribution in [0.1, 0.15) is 70.3 Å². The molecule has 150 valence electrons. The monoisotopic (exact) mass is 386 g/mol. The molecule has 1 aromatic carbocycles. The molecule has 0 radical (unpaired) electrons.